The van der Waals surface area contributed by atoms with Crippen LogP contribution in [0.15, 0.2) is 78.9 Å². The van der Waals surface area contributed by atoms with E-state index in [1.165, 1.54) is 0 Å². The monoisotopic (exact) mass is 496 g/mol. The molecular formula is C28H30Cl2N2O2. The highest BCUT2D eigenvalue weighted by molar-refractivity contribution is 6.42. The van der Waals surface area contributed by atoms with Gasteiger partial charge in [0.1, 0.15) is 6.04 Å². The van der Waals surface area contributed by atoms with E-state index < -0.39 is 6.04 Å². The zero-order chi connectivity index (χ0) is 24.5. The quantitative estimate of drug-likeness (QED) is 0.369. The standard InChI is InChI=1S/C28H30Cl2N2O2/c1-3-20(2)31-28(34)26(17-21-10-6-4-7-11-21)32(19-23-14-15-24(29)25(30)16-23)27(33)18-22-12-8-5-9-13-22/h4-16,20,26H,3,17-19H2,1-2H3,(H,31,34). The summed E-state index contributed by atoms with van der Waals surface area (Å²) in [5, 5.41) is 3.94. The molecule has 1 N–H and O–H groups in total. The first-order chi connectivity index (χ1) is 16.4. The van der Waals surface area contributed by atoms with Gasteiger partial charge in [-0.3, -0.25) is 9.59 Å². The molecule has 3 rings (SSSR count). The van der Waals surface area contributed by atoms with Gasteiger partial charge in [0.05, 0.1) is 16.5 Å². The highest BCUT2D eigenvalue weighted by Gasteiger charge is 2.31. The van der Waals surface area contributed by atoms with Crippen molar-refractivity contribution in [2.45, 2.75) is 51.7 Å². The molecule has 0 saturated carbocycles. The van der Waals surface area contributed by atoms with Crippen molar-refractivity contribution in [1.29, 1.82) is 0 Å². The molecule has 0 spiro atoms. The first-order valence-corrected chi connectivity index (χ1v) is 12.2. The molecule has 0 aromatic heterocycles. The van der Waals surface area contributed by atoms with Gasteiger partial charge in [0.2, 0.25) is 11.8 Å². The van der Waals surface area contributed by atoms with Crippen molar-refractivity contribution >= 4 is 35.0 Å². The van der Waals surface area contributed by atoms with E-state index in [4.69, 9.17) is 23.2 Å². The number of benzene rings is 3. The first-order valence-electron chi connectivity index (χ1n) is 11.5. The summed E-state index contributed by atoms with van der Waals surface area (Å²) < 4.78 is 0. The number of rotatable bonds is 10. The third-order valence-corrected chi connectivity index (χ3v) is 6.55. The van der Waals surface area contributed by atoms with Crippen molar-refractivity contribution in [1.82, 2.24) is 10.2 Å². The molecule has 3 aromatic carbocycles. The summed E-state index contributed by atoms with van der Waals surface area (Å²) in [4.78, 5) is 28.8. The minimum absolute atomic E-state index is 0.00169. The van der Waals surface area contributed by atoms with Gasteiger partial charge in [0, 0.05) is 19.0 Å². The number of nitrogens with one attached hydrogen (secondary N) is 1. The Labute approximate surface area is 211 Å². The number of hydrogen-bond donors (Lipinski definition) is 1. The lowest BCUT2D eigenvalue weighted by atomic mass is 10.0. The highest BCUT2D eigenvalue weighted by atomic mass is 35.5. The average Bonchev–Trinajstić information content (AvgIpc) is 2.84. The van der Waals surface area contributed by atoms with E-state index in [0.29, 0.717) is 16.5 Å². The fraction of sp³-hybridized carbons (Fsp3) is 0.286. The molecule has 4 nitrogen and oxygen atoms in total. The number of amides is 2. The van der Waals surface area contributed by atoms with Crippen LogP contribution in [0.25, 0.3) is 0 Å². The zero-order valence-corrected chi connectivity index (χ0v) is 21.0. The fourth-order valence-corrected chi connectivity index (χ4v) is 4.02. The van der Waals surface area contributed by atoms with E-state index in [2.05, 4.69) is 5.32 Å². The van der Waals surface area contributed by atoms with Gasteiger partial charge in [-0.1, -0.05) is 96.9 Å². The average molecular weight is 497 g/mol. The molecular weight excluding hydrogens is 467 g/mol. The Morgan fingerprint density at radius 3 is 2.06 bits per heavy atom. The lowest BCUT2D eigenvalue weighted by Gasteiger charge is -2.32. The van der Waals surface area contributed by atoms with E-state index in [1.54, 1.807) is 17.0 Å². The number of carbonyl (C=O) groups excluding carboxylic acids is 2. The van der Waals surface area contributed by atoms with Crippen molar-refractivity contribution in [3.05, 3.63) is 106 Å². The van der Waals surface area contributed by atoms with Gasteiger partial charge in [-0.15, -0.1) is 0 Å². The van der Waals surface area contributed by atoms with E-state index in [9.17, 15) is 9.59 Å². The van der Waals surface area contributed by atoms with Crippen LogP contribution in [0.1, 0.15) is 37.0 Å². The summed E-state index contributed by atoms with van der Waals surface area (Å²) in [5.41, 5.74) is 2.69. The van der Waals surface area contributed by atoms with Crippen LogP contribution >= 0.6 is 23.2 Å². The number of nitrogens with zero attached hydrogens (tertiary/aromatic N) is 1. The Bertz CT molecular complexity index is 1090. The van der Waals surface area contributed by atoms with Gasteiger partial charge >= 0.3 is 0 Å². The lowest BCUT2D eigenvalue weighted by Crippen LogP contribution is -2.52. The van der Waals surface area contributed by atoms with Crippen LogP contribution in [0, 0.1) is 0 Å². The molecule has 6 heteroatoms. The van der Waals surface area contributed by atoms with Crippen molar-refractivity contribution in [3.8, 4) is 0 Å². The summed E-state index contributed by atoms with van der Waals surface area (Å²) in [6.45, 7) is 4.23. The predicted molar refractivity (Wildman–Crippen MR) is 139 cm³/mol. The summed E-state index contributed by atoms with van der Waals surface area (Å²) in [5.74, 6) is -0.294. The van der Waals surface area contributed by atoms with Gasteiger partial charge in [-0.2, -0.15) is 0 Å². The van der Waals surface area contributed by atoms with Crippen LogP contribution in [0.5, 0.6) is 0 Å². The Hall–Kier alpha value is -2.82. The molecule has 0 radical (unpaired) electrons. The largest absolute Gasteiger partial charge is 0.352 e. The Balaban J connectivity index is 1.98. The maximum Gasteiger partial charge on any atom is 0.243 e. The second-order valence-corrected chi connectivity index (χ2v) is 9.27. The Morgan fingerprint density at radius 1 is 0.853 bits per heavy atom. The van der Waals surface area contributed by atoms with Crippen LogP contribution in [0.2, 0.25) is 10.0 Å². The van der Waals surface area contributed by atoms with Crippen LogP contribution < -0.4 is 5.32 Å². The molecule has 2 amide bonds. The van der Waals surface area contributed by atoms with Crippen molar-refractivity contribution in [2.24, 2.45) is 0 Å². The lowest BCUT2D eigenvalue weighted by molar-refractivity contribution is -0.141. The smallest absolute Gasteiger partial charge is 0.243 e. The number of halogens is 2. The van der Waals surface area contributed by atoms with Gasteiger partial charge in [-0.25, -0.2) is 0 Å². The third-order valence-electron chi connectivity index (χ3n) is 5.81. The predicted octanol–water partition coefficient (Wildman–Crippen LogP) is 6.09. The second kappa shape index (κ2) is 12.6. The minimum atomic E-state index is -0.679. The van der Waals surface area contributed by atoms with Gasteiger partial charge in [-0.05, 0) is 42.2 Å². The Kier molecular flexibility index (Phi) is 9.55. The molecule has 2 atom stereocenters. The molecule has 178 valence electrons. The normalized spacial score (nSPS) is 12.6. The van der Waals surface area contributed by atoms with Crippen LogP contribution in [-0.2, 0) is 29.0 Å². The van der Waals surface area contributed by atoms with Gasteiger partial charge < -0.3 is 10.2 Å². The molecule has 0 aliphatic heterocycles. The number of carbonyl (C=O) groups is 2. The van der Waals surface area contributed by atoms with Crippen molar-refractivity contribution < 1.29 is 9.59 Å². The molecule has 0 heterocycles. The molecule has 0 aliphatic carbocycles. The summed E-state index contributed by atoms with van der Waals surface area (Å²) in [6, 6.07) is 23.9. The molecule has 2 unspecified atom stereocenters. The fourth-order valence-electron chi connectivity index (χ4n) is 3.70. The highest BCUT2D eigenvalue weighted by Crippen LogP contribution is 2.24. The first kappa shape index (κ1) is 25.8. The summed E-state index contributed by atoms with van der Waals surface area (Å²) >= 11 is 12.4. The van der Waals surface area contributed by atoms with Crippen LogP contribution in [-0.4, -0.2) is 28.8 Å². The van der Waals surface area contributed by atoms with Crippen molar-refractivity contribution in [3.63, 3.8) is 0 Å². The van der Waals surface area contributed by atoms with E-state index in [0.717, 1.165) is 23.1 Å². The second-order valence-electron chi connectivity index (χ2n) is 8.46. The van der Waals surface area contributed by atoms with Gasteiger partial charge in [0.25, 0.3) is 0 Å². The Morgan fingerprint density at radius 2 is 1.47 bits per heavy atom. The molecule has 34 heavy (non-hydrogen) atoms. The van der Waals surface area contributed by atoms with Gasteiger partial charge in [0.15, 0.2) is 0 Å². The van der Waals surface area contributed by atoms with E-state index in [1.807, 2.05) is 80.6 Å². The van der Waals surface area contributed by atoms with Crippen LogP contribution in [0.4, 0.5) is 0 Å². The zero-order valence-electron chi connectivity index (χ0n) is 19.5. The topological polar surface area (TPSA) is 49.4 Å². The summed E-state index contributed by atoms with van der Waals surface area (Å²) in [6.07, 6.45) is 1.41. The molecule has 0 bridgehead atoms. The minimum Gasteiger partial charge on any atom is -0.352 e. The SMILES string of the molecule is CCC(C)NC(=O)C(Cc1ccccc1)N(Cc1ccc(Cl)c(Cl)c1)C(=O)Cc1ccccc1. The molecule has 0 saturated heterocycles. The maximum atomic E-state index is 13.6. The van der Waals surface area contributed by atoms with E-state index in [-0.39, 0.29) is 30.8 Å². The molecule has 3 aromatic rings. The molecule has 0 aliphatic rings. The number of hydrogen-bond acceptors (Lipinski definition) is 2. The van der Waals surface area contributed by atoms with E-state index >= 15 is 0 Å². The summed E-state index contributed by atoms with van der Waals surface area (Å²) in [7, 11) is 0. The van der Waals surface area contributed by atoms with Crippen LogP contribution in [0.3, 0.4) is 0 Å². The molecule has 0 fully saturated rings. The third kappa shape index (κ3) is 7.34. The van der Waals surface area contributed by atoms with Crippen molar-refractivity contribution in [2.75, 3.05) is 0 Å². The maximum absolute atomic E-state index is 13.6.